The van der Waals surface area contributed by atoms with Gasteiger partial charge in [0, 0.05) is 11.8 Å². The minimum atomic E-state index is -4.55. The molecule has 0 aliphatic carbocycles. The number of rotatable bonds is 2. The van der Waals surface area contributed by atoms with Gasteiger partial charge in [-0.3, -0.25) is 4.98 Å². The van der Waals surface area contributed by atoms with E-state index in [0.717, 1.165) is 5.56 Å². The number of nitrogens with zero attached hydrogens (tertiary/aromatic N) is 3. The average molecular weight is 339 g/mol. The lowest BCUT2D eigenvalue weighted by Gasteiger charge is -2.05. The molecule has 0 spiro atoms. The Morgan fingerprint density at radius 2 is 1.48 bits per heavy atom. The molecule has 0 saturated heterocycles. The van der Waals surface area contributed by atoms with Gasteiger partial charge in [-0.25, -0.2) is 4.68 Å². The van der Waals surface area contributed by atoms with Crippen LogP contribution >= 0.6 is 0 Å². The molecule has 0 radical (unpaired) electrons. The maximum absolute atomic E-state index is 13.4. The highest BCUT2D eigenvalue weighted by Gasteiger charge is 2.37. The van der Waals surface area contributed by atoms with Gasteiger partial charge in [0.1, 0.15) is 0 Å². The number of para-hydroxylation sites is 1. The van der Waals surface area contributed by atoms with Gasteiger partial charge in [0.05, 0.1) is 22.3 Å². The third-order valence-corrected chi connectivity index (χ3v) is 3.90. The van der Waals surface area contributed by atoms with Crippen LogP contribution in [0.5, 0.6) is 0 Å². The van der Waals surface area contributed by atoms with E-state index in [1.807, 2.05) is 30.3 Å². The largest absolute Gasteiger partial charge is 0.435 e. The summed E-state index contributed by atoms with van der Waals surface area (Å²) in [6.45, 7) is 0. The van der Waals surface area contributed by atoms with E-state index in [1.54, 1.807) is 36.4 Å². The van der Waals surface area contributed by atoms with Gasteiger partial charge in [-0.2, -0.15) is 18.3 Å². The molecule has 2 heterocycles. The first-order chi connectivity index (χ1) is 12.0. The standard InChI is InChI=1S/C19H12F3N3/c20-19(21,22)18-15-12-23-16(13-7-3-1-4-8-13)11-17(15)25(24-18)14-9-5-2-6-10-14/h1-12H. The van der Waals surface area contributed by atoms with E-state index < -0.39 is 11.9 Å². The predicted molar refractivity (Wildman–Crippen MR) is 89.3 cm³/mol. The molecule has 0 bridgehead atoms. The number of pyridine rings is 1. The van der Waals surface area contributed by atoms with E-state index in [4.69, 9.17) is 0 Å². The number of aromatic nitrogens is 3. The number of benzene rings is 2. The molecule has 0 unspecified atom stereocenters. The molecular weight excluding hydrogens is 327 g/mol. The van der Waals surface area contributed by atoms with Crippen molar-refractivity contribution in [3.8, 4) is 16.9 Å². The van der Waals surface area contributed by atoms with Crippen LogP contribution in [-0.2, 0) is 6.18 Å². The zero-order valence-electron chi connectivity index (χ0n) is 12.9. The Balaban J connectivity index is 2.00. The highest BCUT2D eigenvalue weighted by atomic mass is 19.4. The Kier molecular flexibility index (Phi) is 3.53. The van der Waals surface area contributed by atoms with Gasteiger partial charge in [-0.1, -0.05) is 48.5 Å². The fourth-order valence-corrected chi connectivity index (χ4v) is 2.75. The highest BCUT2D eigenvalue weighted by Crippen LogP contribution is 2.35. The lowest BCUT2D eigenvalue weighted by atomic mass is 10.1. The Hall–Kier alpha value is -3.15. The molecule has 124 valence electrons. The van der Waals surface area contributed by atoms with Crippen molar-refractivity contribution in [2.75, 3.05) is 0 Å². The summed E-state index contributed by atoms with van der Waals surface area (Å²) >= 11 is 0. The van der Waals surface area contributed by atoms with Crippen LogP contribution in [0.1, 0.15) is 5.69 Å². The van der Waals surface area contributed by atoms with Gasteiger partial charge < -0.3 is 0 Å². The van der Waals surface area contributed by atoms with Crippen molar-refractivity contribution in [3.05, 3.63) is 78.6 Å². The van der Waals surface area contributed by atoms with Crippen molar-refractivity contribution in [2.45, 2.75) is 6.18 Å². The minimum absolute atomic E-state index is 0.0176. The van der Waals surface area contributed by atoms with Crippen molar-refractivity contribution in [3.63, 3.8) is 0 Å². The molecule has 6 heteroatoms. The Bertz CT molecular complexity index is 1020. The third kappa shape index (κ3) is 2.76. The van der Waals surface area contributed by atoms with E-state index in [2.05, 4.69) is 10.1 Å². The fraction of sp³-hybridized carbons (Fsp3) is 0.0526. The molecule has 4 aromatic rings. The van der Waals surface area contributed by atoms with Gasteiger partial charge in [-0.15, -0.1) is 0 Å². The number of hydrogen-bond donors (Lipinski definition) is 0. The van der Waals surface area contributed by atoms with Gasteiger partial charge in [0.25, 0.3) is 0 Å². The highest BCUT2D eigenvalue weighted by molar-refractivity contribution is 5.86. The second-order valence-electron chi connectivity index (χ2n) is 5.55. The molecule has 4 rings (SSSR count). The summed E-state index contributed by atoms with van der Waals surface area (Å²) in [4.78, 5) is 4.20. The SMILES string of the molecule is FC(F)(F)c1nn(-c2ccccc2)c2cc(-c3ccccc3)ncc12. The predicted octanol–water partition coefficient (Wildman–Crippen LogP) is 5.11. The maximum atomic E-state index is 13.4. The minimum Gasteiger partial charge on any atom is -0.255 e. The Labute approximate surface area is 141 Å². The zero-order chi connectivity index (χ0) is 17.4. The summed E-state index contributed by atoms with van der Waals surface area (Å²) in [5.41, 5.74) is 1.43. The number of halogens is 3. The maximum Gasteiger partial charge on any atom is 0.435 e. The second-order valence-corrected chi connectivity index (χ2v) is 5.55. The topological polar surface area (TPSA) is 30.7 Å². The first-order valence-electron chi connectivity index (χ1n) is 7.61. The first-order valence-corrected chi connectivity index (χ1v) is 7.61. The third-order valence-electron chi connectivity index (χ3n) is 3.90. The normalized spacial score (nSPS) is 11.8. The van der Waals surface area contributed by atoms with E-state index in [0.29, 0.717) is 16.9 Å². The molecule has 0 N–H and O–H groups in total. The smallest absolute Gasteiger partial charge is 0.255 e. The molecule has 0 aliphatic rings. The molecule has 0 aliphatic heterocycles. The van der Waals surface area contributed by atoms with Crippen LogP contribution in [-0.4, -0.2) is 14.8 Å². The van der Waals surface area contributed by atoms with Crippen molar-refractivity contribution in [1.82, 2.24) is 14.8 Å². The van der Waals surface area contributed by atoms with Crippen LogP contribution < -0.4 is 0 Å². The second kappa shape index (κ2) is 5.73. The molecular formula is C19H12F3N3. The lowest BCUT2D eigenvalue weighted by Crippen LogP contribution is -2.07. The molecule has 3 nitrogen and oxygen atoms in total. The van der Waals surface area contributed by atoms with Crippen LogP contribution in [0.25, 0.3) is 27.8 Å². The van der Waals surface area contributed by atoms with E-state index in [-0.39, 0.29) is 5.39 Å². The average Bonchev–Trinajstić information content (AvgIpc) is 3.02. The lowest BCUT2D eigenvalue weighted by molar-refractivity contribution is -0.140. The van der Waals surface area contributed by atoms with Gasteiger partial charge in [0.2, 0.25) is 0 Å². The molecule has 25 heavy (non-hydrogen) atoms. The van der Waals surface area contributed by atoms with Crippen molar-refractivity contribution < 1.29 is 13.2 Å². The first kappa shape index (κ1) is 15.4. The Morgan fingerprint density at radius 3 is 2.12 bits per heavy atom. The molecule has 2 aromatic carbocycles. The van der Waals surface area contributed by atoms with Crippen molar-refractivity contribution >= 4 is 10.9 Å². The van der Waals surface area contributed by atoms with Gasteiger partial charge >= 0.3 is 6.18 Å². The summed E-state index contributed by atoms with van der Waals surface area (Å²) in [5.74, 6) is 0. The summed E-state index contributed by atoms with van der Waals surface area (Å²) < 4.78 is 41.4. The molecule has 2 aromatic heterocycles. The molecule has 0 amide bonds. The van der Waals surface area contributed by atoms with Crippen LogP contribution in [0.4, 0.5) is 13.2 Å². The van der Waals surface area contributed by atoms with Crippen LogP contribution in [0.2, 0.25) is 0 Å². The quantitative estimate of drug-likeness (QED) is 0.508. The fourth-order valence-electron chi connectivity index (χ4n) is 2.75. The number of hydrogen-bond acceptors (Lipinski definition) is 2. The summed E-state index contributed by atoms with van der Waals surface area (Å²) in [5, 5.41) is 3.80. The van der Waals surface area contributed by atoms with E-state index >= 15 is 0 Å². The summed E-state index contributed by atoms with van der Waals surface area (Å²) in [6, 6.07) is 19.7. The zero-order valence-corrected chi connectivity index (χ0v) is 12.9. The van der Waals surface area contributed by atoms with Crippen molar-refractivity contribution in [2.24, 2.45) is 0 Å². The monoisotopic (exact) mass is 339 g/mol. The van der Waals surface area contributed by atoms with Crippen molar-refractivity contribution in [1.29, 1.82) is 0 Å². The molecule has 0 fully saturated rings. The van der Waals surface area contributed by atoms with E-state index in [9.17, 15) is 13.2 Å². The molecule has 0 saturated carbocycles. The van der Waals surface area contributed by atoms with Gasteiger partial charge in [0.15, 0.2) is 5.69 Å². The number of alkyl halides is 3. The number of fused-ring (bicyclic) bond motifs is 1. The summed E-state index contributed by atoms with van der Waals surface area (Å²) in [7, 11) is 0. The van der Waals surface area contributed by atoms with Crippen LogP contribution in [0, 0.1) is 0 Å². The van der Waals surface area contributed by atoms with Crippen LogP contribution in [0.3, 0.4) is 0 Å². The summed E-state index contributed by atoms with van der Waals surface area (Å²) in [6.07, 6.45) is -3.30. The molecule has 0 atom stereocenters. The van der Waals surface area contributed by atoms with Gasteiger partial charge in [-0.05, 0) is 18.2 Å². The Morgan fingerprint density at radius 1 is 0.840 bits per heavy atom. The van der Waals surface area contributed by atoms with Crippen LogP contribution in [0.15, 0.2) is 72.9 Å². The van der Waals surface area contributed by atoms with E-state index in [1.165, 1.54) is 10.9 Å².